The van der Waals surface area contributed by atoms with Crippen LogP contribution < -0.4 is 10.2 Å². The van der Waals surface area contributed by atoms with Gasteiger partial charge in [0.25, 0.3) is 0 Å². The zero-order valence-electron chi connectivity index (χ0n) is 11.1. The van der Waals surface area contributed by atoms with E-state index in [1.54, 1.807) is 0 Å². The van der Waals surface area contributed by atoms with Crippen molar-refractivity contribution in [3.05, 3.63) is 29.3 Å². The highest BCUT2D eigenvalue weighted by Gasteiger charge is 2.15. The van der Waals surface area contributed by atoms with Crippen LogP contribution in [0.3, 0.4) is 0 Å². The lowest BCUT2D eigenvalue weighted by molar-refractivity contribution is 0.651. The Kier molecular flexibility index (Phi) is 4.43. The van der Waals surface area contributed by atoms with Crippen LogP contribution in [0, 0.1) is 6.92 Å². The van der Waals surface area contributed by atoms with Gasteiger partial charge in [-0.3, -0.25) is 0 Å². The van der Waals surface area contributed by atoms with Gasteiger partial charge in [0.2, 0.25) is 0 Å². The number of nitrogens with one attached hydrogen (secondary N) is 1. The van der Waals surface area contributed by atoms with Crippen LogP contribution in [0.4, 0.5) is 5.69 Å². The summed E-state index contributed by atoms with van der Waals surface area (Å²) in [5, 5.41) is 3.51. The quantitative estimate of drug-likeness (QED) is 0.803. The maximum atomic E-state index is 3.51. The molecule has 1 aromatic rings. The average Bonchev–Trinajstić information content (AvgIpc) is 2.53. The average molecular weight is 232 g/mol. The fourth-order valence-electron chi connectivity index (χ4n) is 2.64. The summed E-state index contributed by atoms with van der Waals surface area (Å²) >= 11 is 0. The van der Waals surface area contributed by atoms with Crippen molar-refractivity contribution >= 4 is 5.69 Å². The zero-order valence-corrected chi connectivity index (χ0v) is 11.1. The molecule has 0 aromatic heterocycles. The third kappa shape index (κ3) is 3.01. The van der Waals surface area contributed by atoms with Crippen LogP contribution in [0.1, 0.15) is 37.3 Å². The van der Waals surface area contributed by atoms with Crippen molar-refractivity contribution in [2.45, 2.75) is 39.7 Å². The number of para-hydroxylation sites is 1. The summed E-state index contributed by atoms with van der Waals surface area (Å²) in [5.41, 5.74) is 4.36. The number of hydrogen-bond donors (Lipinski definition) is 1. The molecule has 2 nitrogen and oxygen atoms in total. The molecule has 17 heavy (non-hydrogen) atoms. The summed E-state index contributed by atoms with van der Waals surface area (Å²) in [7, 11) is 0. The molecule has 0 unspecified atom stereocenters. The van der Waals surface area contributed by atoms with Crippen molar-refractivity contribution in [3.63, 3.8) is 0 Å². The Labute approximate surface area is 105 Å². The second-order valence-corrected chi connectivity index (χ2v) is 4.95. The SMILES string of the molecule is CCCCCN1CCNCc2cccc(C)c21. The lowest BCUT2D eigenvalue weighted by Gasteiger charge is -2.26. The van der Waals surface area contributed by atoms with Crippen molar-refractivity contribution in [2.75, 3.05) is 24.5 Å². The van der Waals surface area contributed by atoms with Crippen molar-refractivity contribution < 1.29 is 0 Å². The third-order valence-corrected chi connectivity index (χ3v) is 3.54. The van der Waals surface area contributed by atoms with E-state index in [1.165, 1.54) is 42.6 Å². The highest BCUT2D eigenvalue weighted by atomic mass is 15.2. The number of benzene rings is 1. The Morgan fingerprint density at radius 2 is 2.18 bits per heavy atom. The van der Waals surface area contributed by atoms with Crippen LogP contribution in [-0.2, 0) is 6.54 Å². The molecule has 0 aliphatic carbocycles. The predicted octanol–water partition coefficient (Wildman–Crippen LogP) is 3.09. The number of hydrogen-bond acceptors (Lipinski definition) is 2. The molecule has 0 spiro atoms. The monoisotopic (exact) mass is 232 g/mol. The van der Waals surface area contributed by atoms with Gasteiger partial charge in [-0.05, 0) is 24.5 Å². The van der Waals surface area contributed by atoms with Crippen LogP contribution in [-0.4, -0.2) is 19.6 Å². The number of anilines is 1. The van der Waals surface area contributed by atoms with E-state index < -0.39 is 0 Å². The van der Waals surface area contributed by atoms with E-state index in [1.807, 2.05) is 0 Å². The van der Waals surface area contributed by atoms with E-state index in [0.29, 0.717) is 0 Å². The van der Waals surface area contributed by atoms with Gasteiger partial charge in [0.05, 0.1) is 0 Å². The summed E-state index contributed by atoms with van der Waals surface area (Å²) in [6.45, 7) is 8.95. The molecule has 0 saturated carbocycles. The summed E-state index contributed by atoms with van der Waals surface area (Å²) < 4.78 is 0. The Morgan fingerprint density at radius 3 is 3.00 bits per heavy atom. The molecule has 1 aromatic carbocycles. The van der Waals surface area contributed by atoms with Crippen LogP contribution in [0.15, 0.2) is 18.2 Å². The molecule has 0 bridgehead atoms. The first-order valence-electron chi connectivity index (χ1n) is 6.87. The second kappa shape index (κ2) is 6.06. The summed E-state index contributed by atoms with van der Waals surface area (Å²) in [4.78, 5) is 2.57. The van der Waals surface area contributed by atoms with Gasteiger partial charge in [0.15, 0.2) is 0 Å². The minimum absolute atomic E-state index is 1.02. The van der Waals surface area contributed by atoms with E-state index in [-0.39, 0.29) is 0 Å². The van der Waals surface area contributed by atoms with Crippen molar-refractivity contribution in [3.8, 4) is 0 Å². The van der Waals surface area contributed by atoms with Gasteiger partial charge in [-0.25, -0.2) is 0 Å². The molecule has 1 heterocycles. The maximum absolute atomic E-state index is 3.51. The largest absolute Gasteiger partial charge is 0.370 e. The zero-order chi connectivity index (χ0) is 12.1. The smallest absolute Gasteiger partial charge is 0.0441 e. The number of fused-ring (bicyclic) bond motifs is 1. The molecule has 1 N–H and O–H groups in total. The van der Waals surface area contributed by atoms with E-state index in [2.05, 4.69) is 42.3 Å². The minimum atomic E-state index is 1.02. The number of nitrogens with zero attached hydrogens (tertiary/aromatic N) is 1. The molecule has 2 heteroatoms. The molecular weight excluding hydrogens is 208 g/mol. The highest BCUT2D eigenvalue weighted by molar-refractivity contribution is 5.60. The Hall–Kier alpha value is -1.02. The molecule has 1 aliphatic rings. The maximum Gasteiger partial charge on any atom is 0.0441 e. The minimum Gasteiger partial charge on any atom is -0.370 e. The van der Waals surface area contributed by atoms with Crippen molar-refractivity contribution in [1.29, 1.82) is 0 Å². The van der Waals surface area contributed by atoms with Crippen LogP contribution in [0.2, 0.25) is 0 Å². The summed E-state index contributed by atoms with van der Waals surface area (Å²) in [6, 6.07) is 6.66. The molecule has 94 valence electrons. The van der Waals surface area contributed by atoms with E-state index in [9.17, 15) is 0 Å². The Bertz CT molecular complexity index is 360. The molecule has 0 atom stereocenters. The first-order valence-corrected chi connectivity index (χ1v) is 6.87. The van der Waals surface area contributed by atoms with Crippen LogP contribution in [0.25, 0.3) is 0 Å². The highest BCUT2D eigenvalue weighted by Crippen LogP contribution is 2.26. The van der Waals surface area contributed by atoms with E-state index >= 15 is 0 Å². The van der Waals surface area contributed by atoms with E-state index in [4.69, 9.17) is 0 Å². The normalized spacial score (nSPS) is 15.5. The fourth-order valence-corrected chi connectivity index (χ4v) is 2.64. The molecule has 2 rings (SSSR count). The third-order valence-electron chi connectivity index (χ3n) is 3.54. The first-order chi connectivity index (χ1) is 8.33. The molecule has 0 radical (unpaired) electrons. The summed E-state index contributed by atoms with van der Waals surface area (Å²) in [6.07, 6.45) is 3.95. The van der Waals surface area contributed by atoms with Gasteiger partial charge < -0.3 is 10.2 Å². The molecule has 0 fully saturated rings. The van der Waals surface area contributed by atoms with Gasteiger partial charge in [-0.1, -0.05) is 38.0 Å². The van der Waals surface area contributed by atoms with Gasteiger partial charge in [-0.2, -0.15) is 0 Å². The van der Waals surface area contributed by atoms with Crippen molar-refractivity contribution in [1.82, 2.24) is 5.32 Å². The molecule has 0 amide bonds. The topological polar surface area (TPSA) is 15.3 Å². The predicted molar refractivity (Wildman–Crippen MR) is 74.6 cm³/mol. The molecule has 0 saturated heterocycles. The van der Waals surface area contributed by atoms with E-state index in [0.717, 1.165) is 19.6 Å². The van der Waals surface area contributed by atoms with Gasteiger partial charge in [0, 0.05) is 31.9 Å². The second-order valence-electron chi connectivity index (χ2n) is 4.95. The van der Waals surface area contributed by atoms with Gasteiger partial charge in [-0.15, -0.1) is 0 Å². The standard InChI is InChI=1S/C15H24N2/c1-3-4-5-10-17-11-9-16-12-14-8-6-7-13(2)15(14)17/h6-8,16H,3-5,9-12H2,1-2H3. The number of rotatable bonds is 4. The lowest BCUT2D eigenvalue weighted by atomic mass is 10.1. The lowest BCUT2D eigenvalue weighted by Crippen LogP contribution is -2.30. The summed E-state index contributed by atoms with van der Waals surface area (Å²) in [5.74, 6) is 0. The van der Waals surface area contributed by atoms with Gasteiger partial charge in [0.1, 0.15) is 0 Å². The van der Waals surface area contributed by atoms with Gasteiger partial charge >= 0.3 is 0 Å². The van der Waals surface area contributed by atoms with Crippen LogP contribution in [0.5, 0.6) is 0 Å². The fraction of sp³-hybridized carbons (Fsp3) is 0.600. The first kappa shape index (κ1) is 12.4. The Balaban J connectivity index is 2.17. The van der Waals surface area contributed by atoms with Crippen molar-refractivity contribution in [2.24, 2.45) is 0 Å². The molecular formula is C15H24N2. The number of unbranched alkanes of at least 4 members (excludes halogenated alkanes) is 2. The molecule has 1 aliphatic heterocycles. The Morgan fingerprint density at radius 1 is 1.29 bits per heavy atom. The van der Waals surface area contributed by atoms with Crippen LogP contribution >= 0.6 is 0 Å². The number of aryl methyl sites for hydroxylation is 1.